The number of Topliss-reactive ketones (excluding diaryl/α,β-unsaturated/α-hetero) is 1. The van der Waals surface area contributed by atoms with E-state index in [-0.39, 0.29) is 0 Å². The van der Waals surface area contributed by atoms with Crippen LogP contribution in [0.15, 0.2) is 0 Å². The van der Waals surface area contributed by atoms with Crippen LogP contribution < -0.4 is 0 Å². The molecular weight excluding hydrogens is 144 g/mol. The molecule has 0 aromatic heterocycles. The predicted molar refractivity (Wildman–Crippen MR) is 45.3 cm³/mol. The normalized spacial score (nSPS) is 18.5. The summed E-state index contributed by atoms with van der Waals surface area (Å²) in [5, 5.41) is 0. The topological polar surface area (TPSA) is 17.1 Å². The first-order valence-corrected chi connectivity index (χ1v) is 5.23. The Bertz CT molecular complexity index is 118. The van der Waals surface area contributed by atoms with Crippen LogP contribution >= 0.6 is 11.8 Å². The molecule has 0 unspecified atom stereocenters. The lowest BCUT2D eigenvalue weighted by molar-refractivity contribution is -0.118. The number of thioether (sulfide) groups is 1. The molecule has 1 aliphatic carbocycles. The zero-order chi connectivity index (χ0) is 7.40. The van der Waals surface area contributed by atoms with E-state index in [2.05, 4.69) is 0 Å². The molecule has 10 heavy (non-hydrogen) atoms. The molecule has 1 saturated carbocycles. The van der Waals surface area contributed by atoms with E-state index >= 15 is 0 Å². The highest BCUT2D eigenvalue weighted by atomic mass is 32.2. The summed E-state index contributed by atoms with van der Waals surface area (Å²) in [5.41, 5.74) is 0. The fraction of sp³-hybridized carbons (Fsp3) is 0.875. The van der Waals surface area contributed by atoms with Crippen LogP contribution in [0.2, 0.25) is 0 Å². The van der Waals surface area contributed by atoms with E-state index in [1.165, 1.54) is 19.3 Å². The maximum absolute atomic E-state index is 11.0. The number of carbonyl (C=O) groups excluding carboxylic acids is 1. The van der Waals surface area contributed by atoms with Crippen molar-refractivity contribution >= 4 is 17.5 Å². The van der Waals surface area contributed by atoms with E-state index in [1.54, 1.807) is 11.8 Å². The summed E-state index contributed by atoms with van der Waals surface area (Å²) >= 11 is 1.64. The Morgan fingerprint density at radius 2 is 2.30 bits per heavy atom. The molecule has 0 amide bonds. The second-order valence-electron chi connectivity index (χ2n) is 2.97. The number of hydrogen-bond acceptors (Lipinski definition) is 2. The third-order valence-electron chi connectivity index (χ3n) is 2.05. The summed E-state index contributed by atoms with van der Waals surface area (Å²) < 4.78 is 0. The Morgan fingerprint density at radius 3 is 2.70 bits per heavy atom. The molecule has 58 valence electrons. The molecule has 0 heterocycles. The largest absolute Gasteiger partial charge is 0.299 e. The molecule has 0 saturated heterocycles. The Balaban J connectivity index is 2.05. The van der Waals surface area contributed by atoms with Crippen molar-refractivity contribution in [2.45, 2.75) is 25.7 Å². The number of carbonyl (C=O) groups is 1. The lowest BCUT2D eigenvalue weighted by atomic mass is 9.82. The highest BCUT2D eigenvalue weighted by molar-refractivity contribution is 7.99. The lowest BCUT2D eigenvalue weighted by Crippen LogP contribution is -2.16. The van der Waals surface area contributed by atoms with E-state index in [0.717, 1.165) is 18.1 Å². The minimum atomic E-state index is 0.442. The van der Waals surface area contributed by atoms with Gasteiger partial charge in [-0.05, 0) is 12.2 Å². The van der Waals surface area contributed by atoms with Crippen LogP contribution in [-0.2, 0) is 4.79 Å². The van der Waals surface area contributed by atoms with Gasteiger partial charge in [-0.3, -0.25) is 4.79 Å². The van der Waals surface area contributed by atoms with E-state index in [1.807, 2.05) is 6.26 Å². The van der Waals surface area contributed by atoms with Gasteiger partial charge in [-0.2, -0.15) is 11.8 Å². The van der Waals surface area contributed by atoms with E-state index in [9.17, 15) is 4.79 Å². The second kappa shape index (κ2) is 4.02. The minimum absolute atomic E-state index is 0.442. The zero-order valence-electron chi connectivity index (χ0n) is 6.43. The summed E-state index contributed by atoms with van der Waals surface area (Å²) in [6.45, 7) is 0. The quantitative estimate of drug-likeness (QED) is 0.623. The molecule has 1 nitrogen and oxygen atoms in total. The maximum Gasteiger partial charge on any atom is 0.143 e. The molecule has 0 aliphatic heterocycles. The Labute approximate surface area is 66.6 Å². The van der Waals surface area contributed by atoms with Gasteiger partial charge in [0.05, 0.1) is 5.75 Å². The second-order valence-corrected chi connectivity index (χ2v) is 3.84. The van der Waals surface area contributed by atoms with E-state index in [0.29, 0.717) is 5.78 Å². The van der Waals surface area contributed by atoms with Gasteiger partial charge in [0.15, 0.2) is 0 Å². The van der Waals surface area contributed by atoms with Crippen molar-refractivity contribution in [3.63, 3.8) is 0 Å². The summed E-state index contributed by atoms with van der Waals surface area (Å²) in [6.07, 6.45) is 6.76. The maximum atomic E-state index is 11.0. The van der Waals surface area contributed by atoms with E-state index in [4.69, 9.17) is 0 Å². The molecule has 0 spiro atoms. The molecule has 0 radical (unpaired) electrons. The van der Waals surface area contributed by atoms with Crippen molar-refractivity contribution in [3.05, 3.63) is 0 Å². The van der Waals surface area contributed by atoms with Crippen LogP contribution in [0.3, 0.4) is 0 Å². The Hall–Kier alpha value is 0.0200. The van der Waals surface area contributed by atoms with Gasteiger partial charge < -0.3 is 0 Å². The predicted octanol–water partition coefficient (Wildman–Crippen LogP) is 2.11. The van der Waals surface area contributed by atoms with Gasteiger partial charge in [0.25, 0.3) is 0 Å². The average Bonchev–Trinajstić information content (AvgIpc) is 1.80. The molecule has 0 aromatic carbocycles. The van der Waals surface area contributed by atoms with Crippen molar-refractivity contribution in [1.82, 2.24) is 0 Å². The van der Waals surface area contributed by atoms with Gasteiger partial charge >= 0.3 is 0 Å². The van der Waals surface area contributed by atoms with Crippen LogP contribution in [0.5, 0.6) is 0 Å². The van der Waals surface area contributed by atoms with Crippen molar-refractivity contribution in [1.29, 1.82) is 0 Å². The van der Waals surface area contributed by atoms with E-state index < -0.39 is 0 Å². The number of hydrogen-bond donors (Lipinski definition) is 0. The van der Waals surface area contributed by atoms with Gasteiger partial charge in [0, 0.05) is 6.42 Å². The van der Waals surface area contributed by atoms with Crippen LogP contribution in [0.25, 0.3) is 0 Å². The molecule has 0 aromatic rings. The van der Waals surface area contributed by atoms with Gasteiger partial charge in [-0.15, -0.1) is 0 Å². The molecule has 2 heteroatoms. The molecular formula is C8H14OS. The standard InChI is InChI=1S/C8H14OS/c1-10-6-8(9)5-7-3-2-4-7/h7H,2-6H2,1H3. The van der Waals surface area contributed by atoms with Crippen LogP contribution in [-0.4, -0.2) is 17.8 Å². The highest BCUT2D eigenvalue weighted by Gasteiger charge is 2.19. The lowest BCUT2D eigenvalue weighted by Gasteiger charge is -2.24. The highest BCUT2D eigenvalue weighted by Crippen LogP contribution is 2.29. The average molecular weight is 158 g/mol. The van der Waals surface area contributed by atoms with Crippen molar-refractivity contribution in [3.8, 4) is 0 Å². The van der Waals surface area contributed by atoms with Crippen LogP contribution in [0, 0.1) is 5.92 Å². The molecule has 0 atom stereocenters. The first-order valence-electron chi connectivity index (χ1n) is 3.83. The fourth-order valence-corrected chi connectivity index (χ4v) is 1.68. The van der Waals surface area contributed by atoms with Gasteiger partial charge in [0.1, 0.15) is 5.78 Å². The van der Waals surface area contributed by atoms with Crippen molar-refractivity contribution in [2.75, 3.05) is 12.0 Å². The van der Waals surface area contributed by atoms with Crippen molar-refractivity contribution in [2.24, 2.45) is 5.92 Å². The molecule has 1 fully saturated rings. The monoisotopic (exact) mass is 158 g/mol. The molecule has 1 rings (SSSR count). The SMILES string of the molecule is CSCC(=O)CC1CCC1. The van der Waals surface area contributed by atoms with Gasteiger partial charge in [-0.25, -0.2) is 0 Å². The summed E-state index contributed by atoms with van der Waals surface area (Å²) in [6, 6.07) is 0. The summed E-state index contributed by atoms with van der Waals surface area (Å²) in [5.74, 6) is 1.91. The zero-order valence-corrected chi connectivity index (χ0v) is 7.25. The molecule has 1 aliphatic rings. The minimum Gasteiger partial charge on any atom is -0.299 e. The van der Waals surface area contributed by atoms with Crippen LogP contribution in [0.4, 0.5) is 0 Å². The Morgan fingerprint density at radius 1 is 1.60 bits per heavy atom. The van der Waals surface area contributed by atoms with Crippen LogP contribution in [0.1, 0.15) is 25.7 Å². The van der Waals surface area contributed by atoms with Gasteiger partial charge in [0.2, 0.25) is 0 Å². The molecule has 0 bridgehead atoms. The summed E-state index contributed by atoms with van der Waals surface area (Å²) in [7, 11) is 0. The van der Waals surface area contributed by atoms with Gasteiger partial charge in [-0.1, -0.05) is 19.3 Å². The fourth-order valence-electron chi connectivity index (χ4n) is 1.24. The third kappa shape index (κ3) is 2.33. The van der Waals surface area contributed by atoms with Crippen molar-refractivity contribution < 1.29 is 4.79 Å². The number of rotatable bonds is 4. The number of ketones is 1. The first kappa shape index (κ1) is 8.12. The Kier molecular flexibility index (Phi) is 3.26. The first-order chi connectivity index (χ1) is 4.83. The molecule has 0 N–H and O–H groups in total. The summed E-state index contributed by atoms with van der Waals surface area (Å²) in [4.78, 5) is 11.0. The smallest absolute Gasteiger partial charge is 0.143 e. The third-order valence-corrected chi connectivity index (χ3v) is 2.66.